The van der Waals surface area contributed by atoms with Gasteiger partial charge in [-0.3, -0.25) is 0 Å². The van der Waals surface area contributed by atoms with Gasteiger partial charge in [0.15, 0.2) is 0 Å². The molecule has 0 spiro atoms. The molecule has 0 fully saturated rings. The molecule has 0 atom stereocenters. The van der Waals surface area contributed by atoms with Crippen LogP contribution in [0.2, 0.25) is 0 Å². The van der Waals surface area contributed by atoms with Gasteiger partial charge in [0.05, 0.1) is 11.2 Å². The maximum Gasteiger partial charge on any atom is 0.491 e. The molecule has 0 unspecified atom stereocenters. The second-order valence-electron chi connectivity index (χ2n) is 6.77. The van der Waals surface area contributed by atoms with Crippen molar-refractivity contribution in [2.24, 2.45) is 5.41 Å². The summed E-state index contributed by atoms with van der Waals surface area (Å²) in [7, 11) is -1.00. The quantitative estimate of drug-likeness (QED) is 0.756. The molecule has 102 valence electrons. The van der Waals surface area contributed by atoms with Crippen LogP contribution in [0.1, 0.15) is 48.0 Å². The highest BCUT2D eigenvalue weighted by atomic mass is 16.5. The van der Waals surface area contributed by atoms with E-state index in [0.29, 0.717) is 0 Å². The lowest BCUT2D eigenvalue weighted by Crippen LogP contribution is -2.50. The maximum atomic E-state index is 10.1. The minimum absolute atomic E-state index is 0.134. The van der Waals surface area contributed by atoms with Gasteiger partial charge in [-0.1, -0.05) is 32.1 Å². The van der Waals surface area contributed by atoms with Gasteiger partial charge in [-0.25, -0.2) is 0 Å². The molecule has 0 saturated heterocycles. The van der Waals surface area contributed by atoms with Crippen LogP contribution in [0.5, 0.6) is 0 Å². The minimum Gasteiger partial charge on any atom is -0.423 e. The topological polar surface area (TPSA) is 49.7 Å². The van der Waals surface area contributed by atoms with Crippen LogP contribution in [0.4, 0.5) is 0 Å². The van der Waals surface area contributed by atoms with Crippen LogP contribution >= 0.6 is 0 Å². The molecule has 4 heteroatoms. The second kappa shape index (κ2) is 4.84. The molecule has 0 amide bonds. The van der Waals surface area contributed by atoms with E-state index >= 15 is 0 Å². The summed E-state index contributed by atoms with van der Waals surface area (Å²) < 4.78 is 5.60. The third kappa shape index (κ3) is 3.71. The van der Waals surface area contributed by atoms with Crippen molar-refractivity contribution in [3.05, 3.63) is 23.7 Å². The van der Waals surface area contributed by atoms with Crippen molar-refractivity contribution in [3.8, 4) is 0 Å². The van der Waals surface area contributed by atoms with E-state index in [9.17, 15) is 10.1 Å². The zero-order valence-corrected chi connectivity index (χ0v) is 12.3. The maximum absolute atomic E-state index is 10.1. The summed E-state index contributed by atoms with van der Waals surface area (Å²) in [6, 6.07) is 0. The summed E-state index contributed by atoms with van der Waals surface area (Å²) in [5, 5.41) is 20.1. The molecule has 1 aliphatic rings. The summed E-state index contributed by atoms with van der Waals surface area (Å²) >= 11 is 0. The van der Waals surface area contributed by atoms with Crippen molar-refractivity contribution in [1.29, 1.82) is 0 Å². The Labute approximate surface area is 111 Å². The van der Waals surface area contributed by atoms with Crippen LogP contribution in [0.15, 0.2) is 23.7 Å². The molecule has 0 aromatic carbocycles. The lowest BCUT2D eigenvalue weighted by molar-refractivity contribution is -0.0987. The Hall–Kier alpha value is -0.575. The van der Waals surface area contributed by atoms with E-state index in [1.165, 1.54) is 0 Å². The van der Waals surface area contributed by atoms with Crippen molar-refractivity contribution < 1.29 is 14.8 Å². The van der Waals surface area contributed by atoms with Crippen LogP contribution in [-0.2, 0) is 4.65 Å². The van der Waals surface area contributed by atoms with Crippen molar-refractivity contribution in [1.82, 2.24) is 0 Å². The Kier molecular flexibility index (Phi) is 4.16. The fourth-order valence-electron chi connectivity index (χ4n) is 1.51. The van der Waals surface area contributed by atoms with Crippen molar-refractivity contribution in [2.45, 2.75) is 59.2 Å². The first-order valence-electron chi connectivity index (χ1n) is 6.42. The third-order valence-corrected chi connectivity index (χ3v) is 3.76. The predicted octanol–water partition coefficient (Wildman–Crippen LogP) is 2.48. The molecule has 18 heavy (non-hydrogen) atoms. The van der Waals surface area contributed by atoms with Gasteiger partial charge in [0, 0.05) is 0 Å². The summed E-state index contributed by atoms with van der Waals surface area (Å²) in [5.74, 6) is 0. The monoisotopic (exact) mass is 252 g/mol. The molecule has 0 radical (unpaired) electrons. The van der Waals surface area contributed by atoms with Crippen LogP contribution < -0.4 is 0 Å². The molecule has 0 aromatic heterocycles. The molecule has 3 nitrogen and oxygen atoms in total. The van der Waals surface area contributed by atoms with Crippen molar-refractivity contribution >= 4 is 7.12 Å². The van der Waals surface area contributed by atoms with E-state index in [-0.39, 0.29) is 5.41 Å². The number of aliphatic hydroxyl groups is 1. The van der Waals surface area contributed by atoms with E-state index in [4.69, 9.17) is 4.65 Å². The highest BCUT2D eigenvalue weighted by molar-refractivity contribution is 6.53. The molecule has 1 rings (SSSR count). The number of hydrogen-bond acceptors (Lipinski definition) is 3. The lowest BCUT2D eigenvalue weighted by Gasteiger charge is -2.38. The van der Waals surface area contributed by atoms with Crippen molar-refractivity contribution in [3.63, 3.8) is 0 Å². The van der Waals surface area contributed by atoms with E-state index in [0.717, 1.165) is 11.9 Å². The molecule has 0 aliphatic heterocycles. The Bertz CT molecular complexity index is 362. The summed E-state index contributed by atoms with van der Waals surface area (Å²) in [6.45, 7) is 11.2. The lowest BCUT2D eigenvalue weighted by atomic mass is 9.70. The van der Waals surface area contributed by atoms with Crippen LogP contribution in [0, 0.1) is 5.41 Å². The second-order valence-corrected chi connectivity index (χ2v) is 6.77. The molecule has 0 aromatic rings. The molecular weight excluding hydrogens is 227 g/mol. The highest BCUT2D eigenvalue weighted by Gasteiger charge is 2.40. The Balaban J connectivity index is 2.72. The Morgan fingerprint density at radius 3 is 2.22 bits per heavy atom. The first kappa shape index (κ1) is 15.5. The average Bonchev–Trinajstić information content (AvgIpc) is 2.14. The number of hydrogen-bond donors (Lipinski definition) is 2. The number of allylic oxidation sites excluding steroid dienone is 4. The minimum atomic E-state index is -1.02. The summed E-state index contributed by atoms with van der Waals surface area (Å²) in [5.41, 5.74) is -0.957. The molecular formula is C14H25BO3. The van der Waals surface area contributed by atoms with E-state index in [2.05, 4.69) is 19.9 Å². The van der Waals surface area contributed by atoms with Crippen molar-refractivity contribution in [2.75, 3.05) is 0 Å². The first-order valence-corrected chi connectivity index (χ1v) is 6.42. The molecule has 0 bridgehead atoms. The van der Waals surface area contributed by atoms with Crippen LogP contribution in [-0.4, -0.2) is 28.5 Å². The fraction of sp³-hybridized carbons (Fsp3) is 0.714. The van der Waals surface area contributed by atoms with Gasteiger partial charge >= 0.3 is 7.12 Å². The predicted molar refractivity (Wildman–Crippen MR) is 75.1 cm³/mol. The van der Waals surface area contributed by atoms with Gasteiger partial charge in [-0.05, 0) is 45.0 Å². The third-order valence-electron chi connectivity index (χ3n) is 3.76. The SMILES string of the molecule is CC1(C)C=CC(B(O)OC(C)(C)C(C)(C)O)=CC1. The average molecular weight is 252 g/mol. The Morgan fingerprint density at radius 2 is 1.83 bits per heavy atom. The van der Waals surface area contributed by atoms with Gasteiger partial charge in [-0.2, -0.15) is 0 Å². The summed E-state index contributed by atoms with van der Waals surface area (Å²) in [4.78, 5) is 0. The first-order chi connectivity index (χ1) is 7.95. The number of rotatable bonds is 4. The smallest absolute Gasteiger partial charge is 0.423 e. The van der Waals surface area contributed by atoms with E-state index in [1.54, 1.807) is 27.7 Å². The zero-order valence-electron chi connectivity index (χ0n) is 12.3. The molecule has 0 saturated carbocycles. The van der Waals surface area contributed by atoms with Crippen LogP contribution in [0.3, 0.4) is 0 Å². The van der Waals surface area contributed by atoms with Gasteiger partial charge in [-0.15, -0.1) is 0 Å². The Morgan fingerprint density at radius 1 is 1.28 bits per heavy atom. The summed E-state index contributed by atoms with van der Waals surface area (Å²) in [6.07, 6.45) is 6.84. The van der Waals surface area contributed by atoms with Gasteiger partial charge in [0.1, 0.15) is 0 Å². The standard InChI is InChI=1S/C14H25BO3/c1-12(2)9-7-11(8-10-12)15(17)18-14(5,6)13(3,4)16/h7-9,16-17H,10H2,1-6H3. The fourth-order valence-corrected chi connectivity index (χ4v) is 1.51. The molecule has 0 heterocycles. The largest absolute Gasteiger partial charge is 0.491 e. The molecule has 2 N–H and O–H groups in total. The van der Waals surface area contributed by atoms with E-state index in [1.807, 2.05) is 12.2 Å². The van der Waals surface area contributed by atoms with Gasteiger partial charge < -0.3 is 14.8 Å². The van der Waals surface area contributed by atoms with Gasteiger partial charge in [0.25, 0.3) is 0 Å². The highest BCUT2D eigenvalue weighted by Crippen LogP contribution is 2.31. The molecule has 1 aliphatic carbocycles. The van der Waals surface area contributed by atoms with Gasteiger partial charge in [0.2, 0.25) is 0 Å². The zero-order chi connectivity index (χ0) is 14.2. The normalized spacial score (nSPS) is 19.7. The van der Waals surface area contributed by atoms with E-state index < -0.39 is 18.3 Å². The van der Waals surface area contributed by atoms with Crippen LogP contribution in [0.25, 0.3) is 0 Å².